The Morgan fingerprint density at radius 3 is 2.73 bits per heavy atom. The van der Waals surface area contributed by atoms with Gasteiger partial charge in [-0.05, 0) is 43.3 Å². The van der Waals surface area contributed by atoms with E-state index in [9.17, 15) is 9.90 Å². The van der Waals surface area contributed by atoms with Crippen molar-refractivity contribution in [3.8, 4) is 11.5 Å². The van der Waals surface area contributed by atoms with Gasteiger partial charge in [0.15, 0.2) is 11.5 Å². The SMILES string of the molecule is CCOc1cccc(/C=N/NC(=O)c2ccc(Br)cc2)c1O. The number of amides is 1. The van der Waals surface area contributed by atoms with Crippen molar-refractivity contribution >= 4 is 28.1 Å². The molecule has 5 nitrogen and oxygen atoms in total. The van der Waals surface area contributed by atoms with Crippen molar-refractivity contribution in [2.45, 2.75) is 6.92 Å². The Morgan fingerprint density at radius 2 is 2.05 bits per heavy atom. The second-order valence-corrected chi connectivity index (χ2v) is 5.25. The molecular formula is C16H15BrN2O3. The Balaban J connectivity index is 2.05. The van der Waals surface area contributed by atoms with Crippen molar-refractivity contribution in [1.29, 1.82) is 0 Å². The van der Waals surface area contributed by atoms with Crippen molar-refractivity contribution in [2.24, 2.45) is 5.10 Å². The number of benzene rings is 2. The average Bonchev–Trinajstić information content (AvgIpc) is 2.51. The van der Waals surface area contributed by atoms with Gasteiger partial charge in [0.25, 0.3) is 5.91 Å². The van der Waals surface area contributed by atoms with Crippen LogP contribution in [-0.4, -0.2) is 23.8 Å². The van der Waals surface area contributed by atoms with Crippen LogP contribution in [0.2, 0.25) is 0 Å². The van der Waals surface area contributed by atoms with E-state index in [0.717, 1.165) is 4.47 Å². The second-order valence-electron chi connectivity index (χ2n) is 4.33. The smallest absolute Gasteiger partial charge is 0.271 e. The van der Waals surface area contributed by atoms with Crippen LogP contribution in [0, 0.1) is 0 Å². The predicted molar refractivity (Wildman–Crippen MR) is 88.5 cm³/mol. The third-order valence-electron chi connectivity index (χ3n) is 2.81. The first-order valence-corrected chi connectivity index (χ1v) is 7.45. The van der Waals surface area contributed by atoms with Crippen LogP contribution in [0.3, 0.4) is 0 Å². The molecule has 0 aliphatic heterocycles. The van der Waals surface area contributed by atoms with E-state index in [1.807, 2.05) is 6.92 Å². The van der Waals surface area contributed by atoms with E-state index in [4.69, 9.17) is 4.74 Å². The molecule has 2 aromatic rings. The third kappa shape index (κ3) is 4.08. The molecule has 114 valence electrons. The van der Waals surface area contributed by atoms with Crippen LogP contribution >= 0.6 is 15.9 Å². The molecular weight excluding hydrogens is 348 g/mol. The number of para-hydroxylation sites is 1. The minimum atomic E-state index is -0.329. The largest absolute Gasteiger partial charge is 0.504 e. The van der Waals surface area contributed by atoms with Gasteiger partial charge in [0.05, 0.1) is 12.8 Å². The van der Waals surface area contributed by atoms with Crippen molar-refractivity contribution in [1.82, 2.24) is 5.43 Å². The summed E-state index contributed by atoms with van der Waals surface area (Å²) in [6.07, 6.45) is 1.37. The summed E-state index contributed by atoms with van der Waals surface area (Å²) in [6.45, 7) is 2.28. The molecule has 0 radical (unpaired) electrons. The zero-order valence-electron chi connectivity index (χ0n) is 11.9. The number of carbonyl (C=O) groups is 1. The van der Waals surface area contributed by atoms with Crippen molar-refractivity contribution in [3.63, 3.8) is 0 Å². The molecule has 0 saturated heterocycles. The fraction of sp³-hybridized carbons (Fsp3) is 0.125. The molecule has 2 aromatic carbocycles. The summed E-state index contributed by atoms with van der Waals surface area (Å²) in [7, 11) is 0. The molecule has 0 unspecified atom stereocenters. The molecule has 0 spiro atoms. The minimum Gasteiger partial charge on any atom is -0.504 e. The highest BCUT2D eigenvalue weighted by Gasteiger charge is 2.06. The molecule has 6 heteroatoms. The van der Waals surface area contributed by atoms with Crippen LogP contribution in [0.5, 0.6) is 11.5 Å². The molecule has 0 aromatic heterocycles. The van der Waals surface area contributed by atoms with Gasteiger partial charge in [-0.1, -0.05) is 22.0 Å². The van der Waals surface area contributed by atoms with Crippen molar-refractivity contribution < 1.29 is 14.6 Å². The summed E-state index contributed by atoms with van der Waals surface area (Å²) in [4.78, 5) is 11.9. The lowest BCUT2D eigenvalue weighted by Crippen LogP contribution is -2.17. The fourth-order valence-corrected chi connectivity index (χ4v) is 2.01. The molecule has 0 atom stereocenters. The molecule has 0 heterocycles. The van der Waals surface area contributed by atoms with E-state index >= 15 is 0 Å². The standard InChI is InChI=1S/C16H15BrN2O3/c1-2-22-14-5-3-4-12(15(14)20)10-18-19-16(21)11-6-8-13(17)9-7-11/h3-10,20H,2H2,1H3,(H,19,21)/b18-10+. The van der Waals surface area contributed by atoms with Crippen LogP contribution in [0.4, 0.5) is 0 Å². The van der Waals surface area contributed by atoms with E-state index in [-0.39, 0.29) is 11.7 Å². The molecule has 2 N–H and O–H groups in total. The topological polar surface area (TPSA) is 70.9 Å². The molecule has 0 bridgehead atoms. The Kier molecular flexibility index (Phi) is 5.55. The molecule has 2 rings (SSSR count). The van der Waals surface area contributed by atoms with Gasteiger partial charge in [-0.25, -0.2) is 5.43 Å². The maximum atomic E-state index is 11.9. The maximum absolute atomic E-state index is 11.9. The predicted octanol–water partition coefficient (Wildman–Crippen LogP) is 3.32. The zero-order chi connectivity index (χ0) is 15.9. The fourth-order valence-electron chi connectivity index (χ4n) is 1.74. The first kappa shape index (κ1) is 16.0. The summed E-state index contributed by atoms with van der Waals surface area (Å²) in [6, 6.07) is 12.0. The summed E-state index contributed by atoms with van der Waals surface area (Å²) >= 11 is 3.30. The number of phenolic OH excluding ortho intramolecular Hbond substituents is 1. The Morgan fingerprint density at radius 1 is 1.32 bits per heavy atom. The number of phenols is 1. The molecule has 0 saturated carbocycles. The normalized spacial score (nSPS) is 10.6. The number of carbonyl (C=O) groups excluding carboxylic acids is 1. The maximum Gasteiger partial charge on any atom is 0.271 e. The molecule has 0 aliphatic carbocycles. The quantitative estimate of drug-likeness (QED) is 0.633. The number of halogens is 1. The van der Waals surface area contributed by atoms with Gasteiger partial charge in [0.1, 0.15) is 0 Å². The van der Waals surface area contributed by atoms with Crippen LogP contribution < -0.4 is 10.2 Å². The monoisotopic (exact) mass is 362 g/mol. The van der Waals surface area contributed by atoms with Crippen LogP contribution in [0.15, 0.2) is 52.0 Å². The van der Waals surface area contributed by atoms with Crippen molar-refractivity contribution in [3.05, 3.63) is 58.1 Å². The van der Waals surface area contributed by atoms with E-state index in [0.29, 0.717) is 23.5 Å². The van der Waals surface area contributed by atoms with Gasteiger partial charge < -0.3 is 9.84 Å². The van der Waals surface area contributed by atoms with Gasteiger partial charge >= 0.3 is 0 Å². The number of rotatable bonds is 5. The van der Waals surface area contributed by atoms with Crippen LogP contribution in [-0.2, 0) is 0 Å². The Hall–Kier alpha value is -2.34. The lowest BCUT2D eigenvalue weighted by molar-refractivity contribution is 0.0955. The van der Waals surface area contributed by atoms with Gasteiger partial charge in [0.2, 0.25) is 0 Å². The Labute approximate surface area is 136 Å². The molecule has 1 amide bonds. The number of ether oxygens (including phenoxy) is 1. The number of aromatic hydroxyl groups is 1. The summed E-state index contributed by atoms with van der Waals surface area (Å²) < 4.78 is 6.18. The van der Waals surface area contributed by atoms with Gasteiger partial charge in [-0.2, -0.15) is 5.10 Å². The third-order valence-corrected chi connectivity index (χ3v) is 3.33. The molecule has 22 heavy (non-hydrogen) atoms. The molecule has 0 fully saturated rings. The van der Waals surface area contributed by atoms with Gasteiger partial charge in [0, 0.05) is 15.6 Å². The lowest BCUT2D eigenvalue weighted by atomic mass is 10.2. The summed E-state index contributed by atoms with van der Waals surface area (Å²) in [5.74, 6) is 0.0425. The van der Waals surface area contributed by atoms with E-state index in [1.165, 1.54) is 6.21 Å². The number of hydrogen-bond acceptors (Lipinski definition) is 4. The van der Waals surface area contributed by atoms with E-state index in [2.05, 4.69) is 26.5 Å². The first-order valence-electron chi connectivity index (χ1n) is 6.65. The molecule has 0 aliphatic rings. The lowest BCUT2D eigenvalue weighted by Gasteiger charge is -2.07. The minimum absolute atomic E-state index is 0.00834. The number of hydrazone groups is 1. The zero-order valence-corrected chi connectivity index (χ0v) is 13.5. The highest BCUT2D eigenvalue weighted by Crippen LogP contribution is 2.28. The van der Waals surface area contributed by atoms with Crippen molar-refractivity contribution in [2.75, 3.05) is 6.61 Å². The summed E-state index contributed by atoms with van der Waals surface area (Å²) in [5, 5.41) is 13.8. The number of nitrogens with zero attached hydrogens (tertiary/aromatic N) is 1. The Bertz CT molecular complexity index is 684. The van der Waals surface area contributed by atoms with Crippen LogP contribution in [0.25, 0.3) is 0 Å². The highest BCUT2D eigenvalue weighted by atomic mass is 79.9. The first-order chi connectivity index (χ1) is 10.6. The number of nitrogens with one attached hydrogen (secondary N) is 1. The van der Waals surface area contributed by atoms with Gasteiger partial charge in [-0.3, -0.25) is 4.79 Å². The van der Waals surface area contributed by atoms with E-state index < -0.39 is 0 Å². The average molecular weight is 363 g/mol. The second kappa shape index (κ2) is 7.61. The van der Waals surface area contributed by atoms with Gasteiger partial charge in [-0.15, -0.1) is 0 Å². The van der Waals surface area contributed by atoms with E-state index in [1.54, 1.807) is 42.5 Å². The number of hydrogen-bond donors (Lipinski definition) is 2. The van der Waals surface area contributed by atoms with Crippen LogP contribution in [0.1, 0.15) is 22.8 Å². The highest BCUT2D eigenvalue weighted by molar-refractivity contribution is 9.10. The summed E-state index contributed by atoms with van der Waals surface area (Å²) in [5.41, 5.74) is 3.36.